The molecule has 0 saturated heterocycles. The number of carbonyl (C=O) groups excluding carboxylic acids is 1. The SMILES string of the molecule is Cc1ccc(C(=O)Nc2cccc(-c3sncc3C(C)C)n2)cc1-n1cnc(C2CC2)c1. The highest BCUT2D eigenvalue weighted by atomic mass is 32.1. The molecule has 3 heterocycles. The highest BCUT2D eigenvalue weighted by molar-refractivity contribution is 7.09. The average molecular weight is 444 g/mol. The number of hydrogen-bond acceptors (Lipinski definition) is 5. The van der Waals surface area contributed by atoms with Crippen LogP contribution in [0.5, 0.6) is 0 Å². The van der Waals surface area contributed by atoms with Crippen LogP contribution in [0.25, 0.3) is 16.3 Å². The second-order valence-corrected chi connectivity index (χ2v) is 9.41. The number of nitrogens with one attached hydrogen (secondary N) is 1. The van der Waals surface area contributed by atoms with E-state index in [-0.39, 0.29) is 5.91 Å². The minimum Gasteiger partial charge on any atom is -0.307 e. The summed E-state index contributed by atoms with van der Waals surface area (Å²) in [6.45, 7) is 6.32. The molecule has 0 aliphatic heterocycles. The van der Waals surface area contributed by atoms with Gasteiger partial charge in [-0.05, 0) is 72.6 Å². The summed E-state index contributed by atoms with van der Waals surface area (Å²) in [5.74, 6) is 1.29. The monoisotopic (exact) mass is 443 g/mol. The molecule has 32 heavy (non-hydrogen) atoms. The van der Waals surface area contributed by atoms with Crippen LogP contribution >= 0.6 is 11.5 Å². The van der Waals surface area contributed by atoms with Gasteiger partial charge in [0.25, 0.3) is 5.91 Å². The molecule has 1 aliphatic carbocycles. The molecule has 7 heteroatoms. The van der Waals surface area contributed by atoms with Gasteiger partial charge < -0.3 is 9.88 Å². The maximum absolute atomic E-state index is 13.0. The number of rotatable bonds is 6. The fourth-order valence-electron chi connectivity index (χ4n) is 3.76. The molecule has 1 N–H and O–H groups in total. The summed E-state index contributed by atoms with van der Waals surface area (Å²) in [5, 5.41) is 2.95. The first kappa shape index (κ1) is 20.6. The van der Waals surface area contributed by atoms with Crippen LogP contribution in [0.4, 0.5) is 5.82 Å². The molecule has 1 fully saturated rings. The highest BCUT2D eigenvalue weighted by Crippen LogP contribution is 2.39. The smallest absolute Gasteiger partial charge is 0.256 e. The number of anilines is 1. The molecule has 1 aromatic carbocycles. The molecule has 0 atom stereocenters. The number of imidazole rings is 1. The molecule has 1 amide bonds. The van der Waals surface area contributed by atoms with E-state index in [2.05, 4.69) is 39.7 Å². The van der Waals surface area contributed by atoms with Gasteiger partial charge in [-0.2, -0.15) is 0 Å². The van der Waals surface area contributed by atoms with E-state index in [9.17, 15) is 4.79 Å². The van der Waals surface area contributed by atoms with E-state index < -0.39 is 0 Å². The van der Waals surface area contributed by atoms with Gasteiger partial charge in [0.05, 0.1) is 28.3 Å². The Balaban J connectivity index is 1.39. The second kappa shape index (κ2) is 8.31. The van der Waals surface area contributed by atoms with Gasteiger partial charge in [-0.25, -0.2) is 14.3 Å². The van der Waals surface area contributed by atoms with Crippen molar-refractivity contribution in [1.29, 1.82) is 0 Å². The van der Waals surface area contributed by atoms with E-state index in [0.717, 1.165) is 27.5 Å². The molecule has 5 rings (SSSR count). The summed E-state index contributed by atoms with van der Waals surface area (Å²) in [6, 6.07) is 11.4. The third-order valence-electron chi connectivity index (χ3n) is 5.79. The molecule has 0 radical (unpaired) electrons. The molecule has 3 aromatic heterocycles. The highest BCUT2D eigenvalue weighted by Gasteiger charge is 2.26. The Bertz CT molecular complexity index is 1280. The van der Waals surface area contributed by atoms with Crippen molar-refractivity contribution in [2.75, 3.05) is 5.32 Å². The van der Waals surface area contributed by atoms with Crippen LogP contribution in [-0.4, -0.2) is 24.8 Å². The fourth-order valence-corrected chi connectivity index (χ4v) is 4.63. The van der Waals surface area contributed by atoms with Crippen molar-refractivity contribution in [3.63, 3.8) is 0 Å². The number of amides is 1. The zero-order valence-electron chi connectivity index (χ0n) is 18.4. The van der Waals surface area contributed by atoms with Crippen molar-refractivity contribution in [3.8, 4) is 16.3 Å². The largest absolute Gasteiger partial charge is 0.307 e. The first-order valence-corrected chi connectivity index (χ1v) is 11.6. The number of hydrogen-bond donors (Lipinski definition) is 1. The lowest BCUT2D eigenvalue weighted by atomic mass is 10.0. The summed E-state index contributed by atoms with van der Waals surface area (Å²) in [5.41, 5.74) is 5.76. The third kappa shape index (κ3) is 4.08. The van der Waals surface area contributed by atoms with Crippen molar-refractivity contribution in [1.82, 2.24) is 18.9 Å². The van der Waals surface area contributed by atoms with Gasteiger partial charge in [0.15, 0.2) is 0 Å². The lowest BCUT2D eigenvalue weighted by Crippen LogP contribution is -2.14. The number of aromatic nitrogens is 4. The van der Waals surface area contributed by atoms with Gasteiger partial charge >= 0.3 is 0 Å². The van der Waals surface area contributed by atoms with Crippen molar-refractivity contribution in [3.05, 3.63) is 77.5 Å². The topological polar surface area (TPSA) is 72.7 Å². The summed E-state index contributed by atoms with van der Waals surface area (Å²) < 4.78 is 6.34. The maximum atomic E-state index is 13.0. The molecular formula is C25H25N5OS. The van der Waals surface area contributed by atoms with Crippen LogP contribution in [-0.2, 0) is 0 Å². The van der Waals surface area contributed by atoms with Crippen molar-refractivity contribution in [2.45, 2.75) is 45.4 Å². The average Bonchev–Trinajstić information content (AvgIpc) is 3.31. The van der Waals surface area contributed by atoms with Gasteiger partial charge in [-0.1, -0.05) is 26.0 Å². The summed E-state index contributed by atoms with van der Waals surface area (Å²) in [7, 11) is 0. The number of aryl methyl sites for hydroxylation is 1. The fraction of sp³-hybridized carbons (Fsp3) is 0.280. The van der Waals surface area contributed by atoms with Crippen molar-refractivity contribution >= 4 is 23.3 Å². The first-order valence-electron chi connectivity index (χ1n) is 10.9. The molecule has 0 spiro atoms. The quantitative estimate of drug-likeness (QED) is 0.399. The van der Waals surface area contributed by atoms with E-state index in [1.807, 2.05) is 60.4 Å². The van der Waals surface area contributed by atoms with E-state index >= 15 is 0 Å². The van der Waals surface area contributed by atoms with Crippen LogP contribution in [0.2, 0.25) is 0 Å². The molecule has 1 aliphatic rings. The Morgan fingerprint density at radius 2 is 2.06 bits per heavy atom. The molecule has 4 aromatic rings. The normalized spacial score (nSPS) is 13.5. The standard InChI is InChI=1S/C25H25N5OS/c1-15(2)19-12-27-32-24(19)20-5-4-6-23(28-20)29-25(31)18-8-7-16(3)22(11-18)30-13-21(26-14-30)17-9-10-17/h4-8,11-15,17H,9-10H2,1-3H3,(H,28,29,31). The van der Waals surface area contributed by atoms with Gasteiger partial charge in [-0.3, -0.25) is 4.79 Å². The second-order valence-electron chi connectivity index (χ2n) is 8.61. The Labute approximate surface area is 191 Å². The van der Waals surface area contributed by atoms with Crippen LogP contribution in [0.1, 0.15) is 65.7 Å². The van der Waals surface area contributed by atoms with E-state index in [1.165, 1.54) is 29.9 Å². The predicted molar refractivity (Wildman–Crippen MR) is 128 cm³/mol. The van der Waals surface area contributed by atoms with Gasteiger partial charge in [-0.15, -0.1) is 0 Å². The first-order chi connectivity index (χ1) is 15.5. The Hall–Kier alpha value is -3.32. The summed E-state index contributed by atoms with van der Waals surface area (Å²) in [6.07, 6.45) is 8.24. The number of nitrogens with zero attached hydrogens (tertiary/aromatic N) is 4. The Morgan fingerprint density at radius 3 is 2.84 bits per heavy atom. The molecule has 0 unspecified atom stereocenters. The molecule has 6 nitrogen and oxygen atoms in total. The van der Waals surface area contributed by atoms with Crippen LogP contribution in [0.3, 0.4) is 0 Å². The Morgan fingerprint density at radius 1 is 1.22 bits per heavy atom. The maximum Gasteiger partial charge on any atom is 0.256 e. The van der Waals surface area contributed by atoms with Crippen LogP contribution in [0.15, 0.2) is 55.1 Å². The van der Waals surface area contributed by atoms with Crippen LogP contribution in [0, 0.1) is 6.92 Å². The molecule has 0 bridgehead atoms. The van der Waals surface area contributed by atoms with Gasteiger partial charge in [0.2, 0.25) is 0 Å². The summed E-state index contributed by atoms with van der Waals surface area (Å²) in [4.78, 5) is 23.3. The predicted octanol–water partition coefficient (Wildman–Crippen LogP) is 5.95. The van der Waals surface area contributed by atoms with Gasteiger partial charge in [0.1, 0.15) is 5.82 Å². The molecular weight excluding hydrogens is 418 g/mol. The minimum atomic E-state index is -0.188. The van der Waals surface area contributed by atoms with E-state index in [1.54, 1.807) is 0 Å². The van der Waals surface area contributed by atoms with E-state index in [4.69, 9.17) is 0 Å². The number of benzene rings is 1. The minimum absolute atomic E-state index is 0.188. The zero-order chi connectivity index (χ0) is 22.2. The molecule has 162 valence electrons. The Kier molecular flexibility index (Phi) is 5.35. The lowest BCUT2D eigenvalue weighted by Gasteiger charge is -2.11. The number of carbonyl (C=O) groups is 1. The third-order valence-corrected chi connectivity index (χ3v) is 6.63. The van der Waals surface area contributed by atoms with Crippen molar-refractivity contribution in [2.24, 2.45) is 0 Å². The van der Waals surface area contributed by atoms with Crippen LogP contribution < -0.4 is 5.32 Å². The van der Waals surface area contributed by atoms with E-state index in [0.29, 0.717) is 23.2 Å². The van der Waals surface area contributed by atoms with Gasteiger partial charge in [0, 0.05) is 23.9 Å². The number of pyridine rings is 1. The zero-order valence-corrected chi connectivity index (χ0v) is 19.2. The van der Waals surface area contributed by atoms with Crippen molar-refractivity contribution < 1.29 is 4.79 Å². The summed E-state index contributed by atoms with van der Waals surface area (Å²) >= 11 is 1.43. The molecule has 1 saturated carbocycles. The lowest BCUT2D eigenvalue weighted by molar-refractivity contribution is 0.102.